The van der Waals surface area contributed by atoms with Gasteiger partial charge in [-0.1, -0.05) is 0 Å². The number of carbonyl (C=O) groups excluding carboxylic acids is 1. The van der Waals surface area contributed by atoms with Crippen LogP contribution in [0.25, 0.3) is 0 Å². The van der Waals surface area contributed by atoms with E-state index in [0.29, 0.717) is 23.8 Å². The van der Waals surface area contributed by atoms with Crippen LogP contribution >= 0.6 is 15.9 Å². The van der Waals surface area contributed by atoms with E-state index in [-0.39, 0.29) is 6.61 Å². The first-order valence-corrected chi connectivity index (χ1v) is 7.59. The van der Waals surface area contributed by atoms with Crippen LogP contribution in [0.3, 0.4) is 0 Å². The number of aliphatic hydroxyl groups excluding tert-OH is 1. The zero-order valence-corrected chi connectivity index (χ0v) is 13.3. The number of halogens is 1. The first-order chi connectivity index (χ1) is 9.52. The fourth-order valence-electron chi connectivity index (χ4n) is 1.95. The fourth-order valence-corrected chi connectivity index (χ4v) is 2.65. The maximum Gasteiger partial charge on any atom is 0.339 e. The number of esters is 1. The summed E-state index contributed by atoms with van der Waals surface area (Å²) in [5.74, 6) is 0.472. The topological polar surface area (TPSA) is 55.8 Å². The van der Waals surface area contributed by atoms with Gasteiger partial charge in [0, 0.05) is 5.56 Å². The molecule has 20 heavy (non-hydrogen) atoms. The minimum Gasteiger partial charge on any atom is -0.492 e. The zero-order chi connectivity index (χ0) is 14.7. The highest BCUT2D eigenvalue weighted by molar-refractivity contribution is 9.10. The molecule has 0 saturated heterocycles. The number of hydrogen-bond acceptors (Lipinski definition) is 4. The molecular weight excluding hydrogens is 324 g/mol. The second-order valence-corrected chi connectivity index (χ2v) is 5.93. The molecule has 0 heterocycles. The summed E-state index contributed by atoms with van der Waals surface area (Å²) in [5, 5.41) is 10.2. The van der Waals surface area contributed by atoms with Crippen LogP contribution in [0.2, 0.25) is 0 Å². The van der Waals surface area contributed by atoms with Gasteiger partial charge in [-0.15, -0.1) is 0 Å². The maximum absolute atomic E-state index is 11.7. The van der Waals surface area contributed by atoms with E-state index in [2.05, 4.69) is 15.9 Å². The minimum atomic E-state index is -1.32. The van der Waals surface area contributed by atoms with Crippen molar-refractivity contribution in [1.29, 1.82) is 0 Å². The molecule has 1 aromatic carbocycles. The van der Waals surface area contributed by atoms with E-state index in [0.717, 1.165) is 10.0 Å². The molecule has 4 nitrogen and oxygen atoms in total. The second kappa shape index (κ2) is 6.59. The lowest BCUT2D eigenvalue weighted by molar-refractivity contribution is -0.153. The predicted molar refractivity (Wildman–Crippen MR) is 78.7 cm³/mol. The van der Waals surface area contributed by atoms with Gasteiger partial charge < -0.3 is 14.6 Å². The van der Waals surface area contributed by atoms with Gasteiger partial charge in [0.2, 0.25) is 0 Å². The highest BCUT2D eigenvalue weighted by Crippen LogP contribution is 2.37. The number of carbonyl (C=O) groups is 1. The van der Waals surface area contributed by atoms with Crippen LogP contribution in [0.15, 0.2) is 16.6 Å². The van der Waals surface area contributed by atoms with Crippen molar-refractivity contribution < 1.29 is 19.4 Å². The molecule has 1 N–H and O–H groups in total. The largest absolute Gasteiger partial charge is 0.492 e. The predicted octanol–water partition coefficient (Wildman–Crippen LogP) is 3.14. The van der Waals surface area contributed by atoms with Crippen molar-refractivity contribution in [1.82, 2.24) is 0 Å². The van der Waals surface area contributed by atoms with Crippen molar-refractivity contribution in [3.8, 4) is 5.75 Å². The second-order valence-electron chi connectivity index (χ2n) is 5.07. The van der Waals surface area contributed by atoms with Gasteiger partial charge in [0.05, 0.1) is 17.7 Å². The van der Waals surface area contributed by atoms with Gasteiger partial charge in [0.25, 0.3) is 0 Å². The van der Waals surface area contributed by atoms with Gasteiger partial charge in [-0.2, -0.15) is 0 Å². The number of benzene rings is 1. The van der Waals surface area contributed by atoms with Crippen LogP contribution in [0.5, 0.6) is 5.75 Å². The Morgan fingerprint density at radius 3 is 2.80 bits per heavy atom. The third kappa shape index (κ3) is 3.73. The molecule has 0 aliphatic heterocycles. The van der Waals surface area contributed by atoms with E-state index in [1.54, 1.807) is 13.0 Å². The molecule has 1 atom stereocenters. The van der Waals surface area contributed by atoms with Gasteiger partial charge in [0.1, 0.15) is 5.75 Å². The van der Waals surface area contributed by atoms with Crippen molar-refractivity contribution in [2.24, 2.45) is 5.92 Å². The first-order valence-electron chi connectivity index (χ1n) is 6.80. The van der Waals surface area contributed by atoms with Gasteiger partial charge in [-0.3, -0.25) is 0 Å². The normalized spacial score (nSPS) is 15.8. The molecule has 2 rings (SSSR count). The Morgan fingerprint density at radius 2 is 2.20 bits per heavy atom. The van der Waals surface area contributed by atoms with Gasteiger partial charge >= 0.3 is 5.97 Å². The highest BCUT2D eigenvalue weighted by Gasteiger charge is 2.27. The van der Waals surface area contributed by atoms with Crippen molar-refractivity contribution in [2.45, 2.75) is 32.8 Å². The molecule has 0 radical (unpaired) electrons. The lowest BCUT2D eigenvalue weighted by atomic mass is 10.1. The highest BCUT2D eigenvalue weighted by atomic mass is 79.9. The average Bonchev–Trinajstić information content (AvgIpc) is 3.20. The average molecular weight is 343 g/mol. The quantitative estimate of drug-likeness (QED) is 0.807. The Kier molecular flexibility index (Phi) is 5.05. The van der Waals surface area contributed by atoms with Crippen molar-refractivity contribution in [3.05, 3.63) is 27.7 Å². The molecule has 1 aliphatic rings. The Morgan fingerprint density at radius 1 is 1.50 bits per heavy atom. The molecule has 0 bridgehead atoms. The number of rotatable bonds is 6. The molecule has 1 aromatic rings. The molecule has 1 aliphatic carbocycles. The van der Waals surface area contributed by atoms with Crippen LogP contribution in [0.1, 0.15) is 37.0 Å². The van der Waals surface area contributed by atoms with Gasteiger partial charge in [0.15, 0.2) is 6.10 Å². The molecule has 5 heteroatoms. The molecule has 0 spiro atoms. The van der Waals surface area contributed by atoms with Crippen LogP contribution in [-0.4, -0.2) is 24.3 Å². The maximum atomic E-state index is 11.7. The fraction of sp³-hybridized carbons (Fsp3) is 0.533. The summed E-state index contributed by atoms with van der Waals surface area (Å²) in [6.07, 6.45) is 1.04. The Labute approximate surface area is 127 Å². The molecule has 0 aromatic heterocycles. The summed E-state index contributed by atoms with van der Waals surface area (Å²) in [5.41, 5.74) is 1.39. The molecule has 1 unspecified atom stereocenters. The van der Waals surface area contributed by atoms with Crippen LogP contribution in [-0.2, 0) is 9.53 Å². The molecule has 110 valence electrons. The monoisotopic (exact) mass is 342 g/mol. The van der Waals surface area contributed by atoms with E-state index in [9.17, 15) is 9.90 Å². The molecule has 0 amide bonds. The SMILES string of the molecule is CCOC(=O)C(O)c1cc(C)cc(Br)c1OCC1CC1. The lowest BCUT2D eigenvalue weighted by Gasteiger charge is -2.17. The zero-order valence-electron chi connectivity index (χ0n) is 11.7. The number of aliphatic hydroxyl groups is 1. The lowest BCUT2D eigenvalue weighted by Crippen LogP contribution is -2.17. The smallest absolute Gasteiger partial charge is 0.339 e. The van der Waals surface area contributed by atoms with E-state index in [1.165, 1.54) is 12.8 Å². The number of aryl methyl sites for hydroxylation is 1. The molecule has 1 fully saturated rings. The number of ether oxygens (including phenoxy) is 2. The van der Waals surface area contributed by atoms with E-state index in [4.69, 9.17) is 9.47 Å². The van der Waals surface area contributed by atoms with Gasteiger partial charge in [-0.25, -0.2) is 4.79 Å². The van der Waals surface area contributed by atoms with Crippen molar-refractivity contribution >= 4 is 21.9 Å². The van der Waals surface area contributed by atoms with Crippen molar-refractivity contribution in [3.63, 3.8) is 0 Å². The van der Waals surface area contributed by atoms with E-state index in [1.807, 2.05) is 13.0 Å². The standard InChI is InChI=1S/C15H19BrO4/c1-3-19-15(18)13(17)11-6-9(2)7-12(16)14(11)20-8-10-4-5-10/h6-7,10,13,17H,3-5,8H2,1-2H3. The van der Waals surface area contributed by atoms with Crippen LogP contribution in [0, 0.1) is 12.8 Å². The van der Waals surface area contributed by atoms with E-state index >= 15 is 0 Å². The summed E-state index contributed by atoms with van der Waals surface area (Å²) in [7, 11) is 0. The molecular formula is C15H19BrO4. The third-order valence-corrected chi connectivity index (χ3v) is 3.77. The van der Waals surface area contributed by atoms with Gasteiger partial charge in [-0.05, 0) is 66.2 Å². The summed E-state index contributed by atoms with van der Waals surface area (Å²) in [6.45, 7) is 4.46. The first kappa shape index (κ1) is 15.3. The summed E-state index contributed by atoms with van der Waals surface area (Å²) in [6, 6.07) is 3.66. The van der Waals surface area contributed by atoms with Crippen LogP contribution < -0.4 is 4.74 Å². The minimum absolute atomic E-state index is 0.237. The van der Waals surface area contributed by atoms with E-state index < -0.39 is 12.1 Å². The summed E-state index contributed by atoms with van der Waals surface area (Å²) >= 11 is 3.44. The Balaban J connectivity index is 2.25. The summed E-state index contributed by atoms with van der Waals surface area (Å²) < 4.78 is 11.4. The Bertz CT molecular complexity index is 497. The third-order valence-electron chi connectivity index (χ3n) is 3.18. The Hall–Kier alpha value is -1.07. The summed E-state index contributed by atoms with van der Waals surface area (Å²) in [4.78, 5) is 11.7. The van der Waals surface area contributed by atoms with Crippen molar-refractivity contribution in [2.75, 3.05) is 13.2 Å². The molecule has 1 saturated carbocycles. The number of hydrogen-bond donors (Lipinski definition) is 1. The van der Waals surface area contributed by atoms with Crippen LogP contribution in [0.4, 0.5) is 0 Å².